The van der Waals surface area contributed by atoms with Crippen LogP contribution in [0.5, 0.6) is 0 Å². The molecule has 28 heavy (non-hydrogen) atoms. The summed E-state index contributed by atoms with van der Waals surface area (Å²) in [6.45, 7) is 1.90. The summed E-state index contributed by atoms with van der Waals surface area (Å²) in [5.41, 5.74) is 0.708. The van der Waals surface area contributed by atoms with Gasteiger partial charge in [-0.2, -0.15) is 5.26 Å². The largest absolute Gasteiger partial charge is 0.446 e. The van der Waals surface area contributed by atoms with Crippen molar-refractivity contribution in [3.05, 3.63) is 71.5 Å². The molecule has 0 bridgehead atoms. The summed E-state index contributed by atoms with van der Waals surface area (Å²) in [6.07, 6.45) is 0.322. The van der Waals surface area contributed by atoms with Crippen LogP contribution in [0.15, 0.2) is 54.6 Å². The third kappa shape index (κ3) is 4.04. The lowest BCUT2D eigenvalue weighted by molar-refractivity contribution is -0.129. The van der Waals surface area contributed by atoms with Crippen molar-refractivity contribution in [1.29, 1.82) is 5.26 Å². The van der Waals surface area contributed by atoms with E-state index in [2.05, 4.69) is 6.07 Å². The minimum absolute atomic E-state index is 0.122. The van der Waals surface area contributed by atoms with Crippen molar-refractivity contribution in [2.24, 2.45) is 0 Å². The maximum atomic E-state index is 13.1. The van der Waals surface area contributed by atoms with Crippen LogP contribution in [-0.2, 0) is 14.9 Å². The van der Waals surface area contributed by atoms with Crippen molar-refractivity contribution in [1.82, 2.24) is 4.90 Å². The number of amides is 2. The summed E-state index contributed by atoms with van der Waals surface area (Å²) < 4.78 is 18.2. The number of hydrogen-bond acceptors (Lipinski definition) is 4. The van der Waals surface area contributed by atoms with Gasteiger partial charge in [-0.3, -0.25) is 4.79 Å². The molecule has 5 nitrogen and oxygen atoms in total. The predicted octanol–water partition coefficient (Wildman–Crippen LogP) is 4.50. The Balaban J connectivity index is 1.65. The molecule has 144 valence electrons. The van der Waals surface area contributed by atoms with Crippen LogP contribution in [0.25, 0.3) is 0 Å². The van der Waals surface area contributed by atoms with Gasteiger partial charge in [0.1, 0.15) is 18.5 Å². The molecule has 1 saturated heterocycles. The lowest BCUT2D eigenvalue weighted by Gasteiger charge is -2.23. The number of halogens is 1. The summed E-state index contributed by atoms with van der Waals surface area (Å²) in [5, 5.41) is 9.60. The third-order valence-electron chi connectivity index (χ3n) is 5.12. The molecule has 3 rings (SSSR count). The van der Waals surface area contributed by atoms with E-state index in [-0.39, 0.29) is 24.8 Å². The molecule has 0 aromatic heterocycles. The van der Waals surface area contributed by atoms with Crippen LogP contribution in [0.2, 0.25) is 0 Å². The second-order valence-electron chi connectivity index (χ2n) is 7.07. The second kappa shape index (κ2) is 8.22. The van der Waals surface area contributed by atoms with Gasteiger partial charge in [0.15, 0.2) is 0 Å². The summed E-state index contributed by atoms with van der Waals surface area (Å²) in [5.74, 6) is -0.686. The van der Waals surface area contributed by atoms with E-state index in [1.54, 1.807) is 19.1 Å². The van der Waals surface area contributed by atoms with E-state index in [1.165, 1.54) is 12.1 Å². The van der Waals surface area contributed by atoms with Crippen molar-refractivity contribution >= 4 is 12.0 Å². The van der Waals surface area contributed by atoms with Crippen molar-refractivity contribution < 1.29 is 18.7 Å². The number of ether oxygens (including phenoxy) is 1. The van der Waals surface area contributed by atoms with Gasteiger partial charge in [-0.15, -0.1) is 0 Å². The highest BCUT2D eigenvalue weighted by molar-refractivity contribution is 5.93. The SMILES string of the molecule is CC(C#N)(CCCC(=O)N1C(=O)OCC1c1ccccc1)c1ccc(F)cc1. The van der Waals surface area contributed by atoms with E-state index >= 15 is 0 Å². The first kappa shape index (κ1) is 19.6. The quantitative estimate of drug-likeness (QED) is 0.740. The minimum atomic E-state index is -0.835. The van der Waals surface area contributed by atoms with Gasteiger partial charge in [0.25, 0.3) is 0 Å². The fourth-order valence-corrected chi connectivity index (χ4v) is 3.41. The van der Waals surface area contributed by atoms with Gasteiger partial charge in [-0.05, 0) is 43.0 Å². The minimum Gasteiger partial charge on any atom is -0.446 e. The molecule has 1 fully saturated rings. The number of imide groups is 1. The third-order valence-corrected chi connectivity index (χ3v) is 5.12. The first-order valence-corrected chi connectivity index (χ1v) is 9.16. The number of hydrogen-bond donors (Lipinski definition) is 0. The van der Waals surface area contributed by atoms with Crippen LogP contribution >= 0.6 is 0 Å². The molecule has 0 N–H and O–H groups in total. The zero-order valence-electron chi connectivity index (χ0n) is 15.6. The number of carbonyl (C=O) groups excluding carboxylic acids is 2. The maximum absolute atomic E-state index is 13.1. The first-order chi connectivity index (χ1) is 13.4. The molecule has 2 atom stereocenters. The van der Waals surface area contributed by atoms with Gasteiger partial charge < -0.3 is 4.74 Å². The Bertz CT molecular complexity index is 892. The van der Waals surface area contributed by atoms with E-state index in [1.807, 2.05) is 30.3 Å². The number of benzene rings is 2. The molecule has 2 unspecified atom stereocenters. The Hall–Kier alpha value is -3.20. The van der Waals surface area contributed by atoms with Crippen molar-refractivity contribution in [3.8, 4) is 6.07 Å². The molecule has 0 spiro atoms. The molecular weight excluding hydrogens is 359 g/mol. The van der Waals surface area contributed by atoms with Crippen molar-refractivity contribution in [2.75, 3.05) is 6.61 Å². The van der Waals surface area contributed by atoms with Gasteiger partial charge in [-0.1, -0.05) is 42.5 Å². The van der Waals surface area contributed by atoms with Crippen LogP contribution in [0.4, 0.5) is 9.18 Å². The lowest BCUT2D eigenvalue weighted by atomic mass is 9.79. The highest BCUT2D eigenvalue weighted by Gasteiger charge is 2.38. The summed E-state index contributed by atoms with van der Waals surface area (Å²) in [7, 11) is 0. The molecule has 2 amide bonds. The van der Waals surface area contributed by atoms with Gasteiger partial charge >= 0.3 is 6.09 Å². The first-order valence-electron chi connectivity index (χ1n) is 9.16. The van der Waals surface area contributed by atoms with Gasteiger partial charge in [0, 0.05) is 6.42 Å². The molecule has 0 saturated carbocycles. The number of nitrogens with zero attached hydrogens (tertiary/aromatic N) is 2. The van der Waals surface area contributed by atoms with E-state index in [4.69, 9.17) is 4.74 Å². The molecule has 1 heterocycles. The summed E-state index contributed by atoms with van der Waals surface area (Å²) in [4.78, 5) is 25.9. The molecule has 2 aromatic rings. The van der Waals surface area contributed by atoms with Crippen LogP contribution in [0.1, 0.15) is 43.4 Å². The molecule has 1 aliphatic heterocycles. The zero-order valence-corrected chi connectivity index (χ0v) is 15.6. The molecule has 6 heteroatoms. The lowest BCUT2D eigenvalue weighted by Crippen LogP contribution is -2.34. The highest BCUT2D eigenvalue weighted by Crippen LogP contribution is 2.31. The van der Waals surface area contributed by atoms with E-state index in [0.717, 1.165) is 10.5 Å². The van der Waals surface area contributed by atoms with Gasteiger partial charge in [0.2, 0.25) is 5.91 Å². The standard InChI is InChI=1S/C22H21FN2O3/c1-22(15-24,17-9-11-18(23)12-10-17)13-5-8-20(26)25-19(14-28-21(25)27)16-6-3-2-4-7-16/h2-4,6-7,9-12,19H,5,8,13-14H2,1H3. The van der Waals surface area contributed by atoms with Gasteiger partial charge in [-0.25, -0.2) is 14.1 Å². The molecule has 0 aliphatic carbocycles. The van der Waals surface area contributed by atoms with Crippen LogP contribution in [0, 0.1) is 17.1 Å². The van der Waals surface area contributed by atoms with E-state index in [9.17, 15) is 19.2 Å². The van der Waals surface area contributed by atoms with Crippen molar-refractivity contribution in [3.63, 3.8) is 0 Å². The Labute approximate surface area is 163 Å². The summed E-state index contributed by atoms with van der Waals surface area (Å²) >= 11 is 0. The zero-order chi connectivity index (χ0) is 20.1. The smallest absolute Gasteiger partial charge is 0.417 e. The van der Waals surface area contributed by atoms with E-state index in [0.29, 0.717) is 18.4 Å². The van der Waals surface area contributed by atoms with Crippen LogP contribution in [-0.4, -0.2) is 23.5 Å². The van der Waals surface area contributed by atoms with Crippen molar-refractivity contribution in [2.45, 2.75) is 37.6 Å². The second-order valence-corrected chi connectivity index (χ2v) is 7.07. The number of nitriles is 1. The van der Waals surface area contributed by atoms with Crippen LogP contribution in [0.3, 0.4) is 0 Å². The number of carbonyl (C=O) groups is 2. The normalized spacial score (nSPS) is 18.2. The monoisotopic (exact) mass is 380 g/mol. The van der Waals surface area contributed by atoms with Crippen LogP contribution < -0.4 is 0 Å². The topological polar surface area (TPSA) is 70.4 Å². The Morgan fingerprint density at radius 2 is 1.93 bits per heavy atom. The maximum Gasteiger partial charge on any atom is 0.417 e. The molecule has 0 radical (unpaired) electrons. The Morgan fingerprint density at radius 1 is 1.25 bits per heavy atom. The van der Waals surface area contributed by atoms with E-state index < -0.39 is 17.6 Å². The average Bonchev–Trinajstić information content (AvgIpc) is 3.10. The van der Waals surface area contributed by atoms with Gasteiger partial charge in [0.05, 0.1) is 11.5 Å². The fourth-order valence-electron chi connectivity index (χ4n) is 3.41. The summed E-state index contributed by atoms with van der Waals surface area (Å²) in [6, 6.07) is 16.9. The predicted molar refractivity (Wildman–Crippen MR) is 101 cm³/mol. The fraction of sp³-hybridized carbons (Fsp3) is 0.318. The average molecular weight is 380 g/mol. The molecular formula is C22H21FN2O3. The Morgan fingerprint density at radius 3 is 2.57 bits per heavy atom. The number of rotatable bonds is 6. The molecule has 2 aromatic carbocycles. The number of cyclic esters (lactones) is 1. The highest BCUT2D eigenvalue weighted by atomic mass is 19.1. The molecule has 1 aliphatic rings. The Kier molecular flexibility index (Phi) is 5.74.